The Labute approximate surface area is 188 Å². The molecule has 4 aromatic carbocycles. The number of halogens is 1. The summed E-state index contributed by atoms with van der Waals surface area (Å²) >= 11 is 3.55. The number of nitrogens with zero attached hydrogens (tertiary/aromatic N) is 2. The molecule has 0 saturated carbocycles. The van der Waals surface area contributed by atoms with Crippen LogP contribution >= 0.6 is 15.9 Å². The van der Waals surface area contributed by atoms with Crippen LogP contribution in [0.5, 0.6) is 0 Å². The van der Waals surface area contributed by atoms with Crippen molar-refractivity contribution in [2.24, 2.45) is 0 Å². The molecule has 0 radical (unpaired) electrons. The van der Waals surface area contributed by atoms with Gasteiger partial charge < -0.3 is 0 Å². The van der Waals surface area contributed by atoms with E-state index in [2.05, 4.69) is 101 Å². The number of fused-ring (bicyclic) bond motifs is 4. The highest BCUT2D eigenvalue weighted by Crippen LogP contribution is 2.30. The normalized spacial score (nSPS) is 11.4. The van der Waals surface area contributed by atoms with E-state index in [1.165, 1.54) is 10.8 Å². The van der Waals surface area contributed by atoms with Crippen LogP contribution in [0, 0.1) is 0 Å². The summed E-state index contributed by atoms with van der Waals surface area (Å²) in [6.45, 7) is 0. The number of hydrogen-bond acceptors (Lipinski definition) is 2. The highest BCUT2D eigenvalue weighted by Gasteiger charge is 2.09. The third kappa shape index (κ3) is 3.28. The molecule has 0 N–H and O–H groups in total. The zero-order chi connectivity index (χ0) is 20.8. The van der Waals surface area contributed by atoms with E-state index in [4.69, 9.17) is 9.97 Å². The van der Waals surface area contributed by atoms with Crippen molar-refractivity contribution in [1.82, 2.24) is 9.97 Å². The fourth-order valence-corrected chi connectivity index (χ4v) is 4.45. The monoisotopic (exact) mass is 460 g/mol. The van der Waals surface area contributed by atoms with E-state index >= 15 is 0 Å². The summed E-state index contributed by atoms with van der Waals surface area (Å²) in [6.07, 6.45) is 0. The van der Waals surface area contributed by atoms with Crippen molar-refractivity contribution in [3.63, 3.8) is 0 Å². The number of hydrogen-bond donors (Lipinski definition) is 0. The molecule has 0 spiro atoms. The molecule has 0 aliphatic carbocycles. The Balaban J connectivity index is 1.55. The van der Waals surface area contributed by atoms with Crippen molar-refractivity contribution in [2.45, 2.75) is 0 Å². The Morgan fingerprint density at radius 3 is 1.71 bits per heavy atom. The molecule has 6 rings (SSSR count). The topological polar surface area (TPSA) is 25.8 Å². The average molecular weight is 461 g/mol. The fourth-order valence-electron chi connectivity index (χ4n) is 4.07. The third-order valence-electron chi connectivity index (χ3n) is 5.69. The summed E-state index contributed by atoms with van der Waals surface area (Å²) in [5, 5.41) is 4.60. The minimum absolute atomic E-state index is 0.934. The Morgan fingerprint density at radius 1 is 0.452 bits per heavy atom. The van der Waals surface area contributed by atoms with Crippen molar-refractivity contribution < 1.29 is 0 Å². The van der Waals surface area contributed by atoms with E-state index in [9.17, 15) is 0 Å². The van der Waals surface area contributed by atoms with E-state index in [-0.39, 0.29) is 0 Å². The van der Waals surface area contributed by atoms with Gasteiger partial charge in [0.15, 0.2) is 0 Å². The summed E-state index contributed by atoms with van der Waals surface area (Å²) < 4.78 is 1.09. The first kappa shape index (κ1) is 18.2. The molecular formula is C28H17BrN2. The van der Waals surface area contributed by atoms with Gasteiger partial charge >= 0.3 is 0 Å². The Kier molecular flexibility index (Phi) is 4.29. The summed E-state index contributed by atoms with van der Waals surface area (Å²) in [4.78, 5) is 10.1. The Hall–Kier alpha value is -3.56. The predicted molar refractivity (Wildman–Crippen MR) is 133 cm³/mol. The van der Waals surface area contributed by atoms with Gasteiger partial charge in [-0.05, 0) is 41.1 Å². The van der Waals surface area contributed by atoms with Crippen molar-refractivity contribution in [1.29, 1.82) is 0 Å². The third-order valence-corrected chi connectivity index (χ3v) is 6.18. The minimum Gasteiger partial charge on any atom is -0.245 e. The maximum Gasteiger partial charge on any atom is 0.0972 e. The molecule has 0 amide bonds. The largest absolute Gasteiger partial charge is 0.245 e. The van der Waals surface area contributed by atoms with Crippen LogP contribution in [0.3, 0.4) is 0 Å². The molecule has 0 atom stereocenters. The SMILES string of the molecule is Brc1ccc2cc(-c3ccc4ccc5ccc(-c6ccccc6)nc5c4n3)ccc2c1. The second-order valence-electron chi connectivity index (χ2n) is 7.67. The Bertz CT molecular complexity index is 1590. The van der Waals surface area contributed by atoms with Gasteiger partial charge in [0, 0.05) is 26.4 Å². The van der Waals surface area contributed by atoms with Gasteiger partial charge in [-0.25, -0.2) is 9.97 Å². The van der Waals surface area contributed by atoms with Gasteiger partial charge in [-0.15, -0.1) is 0 Å². The molecule has 0 fully saturated rings. The van der Waals surface area contributed by atoms with Gasteiger partial charge in [0.25, 0.3) is 0 Å². The molecule has 31 heavy (non-hydrogen) atoms. The van der Waals surface area contributed by atoms with Gasteiger partial charge in [0.05, 0.1) is 22.4 Å². The van der Waals surface area contributed by atoms with Crippen molar-refractivity contribution in [2.75, 3.05) is 0 Å². The van der Waals surface area contributed by atoms with Crippen LogP contribution in [-0.4, -0.2) is 9.97 Å². The van der Waals surface area contributed by atoms with Gasteiger partial charge in [0.1, 0.15) is 0 Å². The quantitative estimate of drug-likeness (QED) is 0.244. The van der Waals surface area contributed by atoms with Crippen LogP contribution < -0.4 is 0 Å². The van der Waals surface area contributed by atoms with Crippen LogP contribution in [-0.2, 0) is 0 Å². The predicted octanol–water partition coefficient (Wildman–Crippen LogP) is 8.03. The zero-order valence-corrected chi connectivity index (χ0v) is 18.2. The molecule has 146 valence electrons. The number of pyridine rings is 2. The molecule has 3 heteroatoms. The van der Waals surface area contributed by atoms with Gasteiger partial charge in [-0.1, -0.05) is 88.7 Å². The maximum atomic E-state index is 5.06. The Morgan fingerprint density at radius 2 is 1.00 bits per heavy atom. The second kappa shape index (κ2) is 7.29. The van der Waals surface area contributed by atoms with E-state index in [0.717, 1.165) is 48.8 Å². The molecule has 0 aliphatic heterocycles. The van der Waals surface area contributed by atoms with Crippen LogP contribution in [0.4, 0.5) is 0 Å². The summed E-state index contributed by atoms with van der Waals surface area (Å²) in [5.41, 5.74) is 6.00. The molecule has 0 saturated heterocycles. The highest BCUT2D eigenvalue weighted by atomic mass is 79.9. The maximum absolute atomic E-state index is 5.06. The number of benzene rings is 4. The van der Waals surface area contributed by atoms with E-state index in [0.29, 0.717) is 0 Å². The molecule has 0 bridgehead atoms. The lowest BCUT2D eigenvalue weighted by Crippen LogP contribution is -1.91. The molecule has 2 heterocycles. The molecule has 2 nitrogen and oxygen atoms in total. The first-order chi connectivity index (χ1) is 15.2. The first-order valence-electron chi connectivity index (χ1n) is 10.2. The van der Waals surface area contributed by atoms with E-state index in [1.54, 1.807) is 0 Å². The number of rotatable bonds is 2. The van der Waals surface area contributed by atoms with Crippen LogP contribution in [0.2, 0.25) is 0 Å². The highest BCUT2D eigenvalue weighted by molar-refractivity contribution is 9.10. The lowest BCUT2D eigenvalue weighted by Gasteiger charge is -2.09. The van der Waals surface area contributed by atoms with Gasteiger partial charge in [-0.3, -0.25) is 0 Å². The average Bonchev–Trinajstić information content (AvgIpc) is 2.83. The van der Waals surface area contributed by atoms with Gasteiger partial charge in [-0.2, -0.15) is 0 Å². The summed E-state index contributed by atoms with van der Waals surface area (Å²) in [7, 11) is 0. The van der Waals surface area contributed by atoms with Crippen molar-refractivity contribution in [3.8, 4) is 22.5 Å². The van der Waals surface area contributed by atoms with Crippen molar-refractivity contribution in [3.05, 3.63) is 108 Å². The molecule has 0 unspecified atom stereocenters. The smallest absolute Gasteiger partial charge is 0.0972 e. The summed E-state index contributed by atoms with van der Waals surface area (Å²) in [5.74, 6) is 0. The zero-order valence-electron chi connectivity index (χ0n) is 16.6. The van der Waals surface area contributed by atoms with Crippen LogP contribution in [0.25, 0.3) is 55.1 Å². The lowest BCUT2D eigenvalue weighted by molar-refractivity contribution is 1.37. The fraction of sp³-hybridized carbons (Fsp3) is 0. The van der Waals surface area contributed by atoms with E-state index in [1.807, 2.05) is 18.2 Å². The van der Waals surface area contributed by atoms with E-state index < -0.39 is 0 Å². The standard InChI is InChI=1S/C28H17BrN2/c29-24-13-10-21-16-23(9-8-22(21)17-24)26-15-12-20-7-6-19-11-14-25(18-4-2-1-3-5-18)30-27(19)28(20)31-26/h1-17H. The molecule has 2 aromatic heterocycles. The first-order valence-corrected chi connectivity index (χ1v) is 11.0. The van der Waals surface area contributed by atoms with Crippen LogP contribution in [0.15, 0.2) is 108 Å². The van der Waals surface area contributed by atoms with Crippen LogP contribution in [0.1, 0.15) is 0 Å². The molecule has 0 aliphatic rings. The second-order valence-corrected chi connectivity index (χ2v) is 8.59. The van der Waals surface area contributed by atoms with Crippen molar-refractivity contribution >= 4 is 48.5 Å². The molecular weight excluding hydrogens is 444 g/mol. The lowest BCUT2D eigenvalue weighted by atomic mass is 10.0. The summed E-state index contributed by atoms with van der Waals surface area (Å²) in [6, 6.07) is 35.8. The molecule has 6 aromatic rings. The number of aromatic nitrogens is 2. The van der Waals surface area contributed by atoms with Gasteiger partial charge in [0.2, 0.25) is 0 Å². The minimum atomic E-state index is 0.934.